The standard InChI is InChI=1S/C28H26O10/c29-19-11-21(31)17(9-15(19)3-1-13-5-23(33)27(37)24(34)6-13)18-10-16(20(30)12-22(18)32)4-2-14-7-25(35)28(38)26(36)8-14/h5-12,29-38H,1-4H2. The van der Waals surface area contributed by atoms with Gasteiger partial charge < -0.3 is 51.1 Å². The van der Waals surface area contributed by atoms with E-state index in [1.54, 1.807) is 0 Å². The molecule has 0 amide bonds. The highest BCUT2D eigenvalue weighted by Crippen LogP contribution is 2.43. The molecule has 0 fully saturated rings. The van der Waals surface area contributed by atoms with Crippen LogP contribution in [-0.2, 0) is 25.7 Å². The van der Waals surface area contributed by atoms with E-state index in [-0.39, 0.29) is 59.8 Å². The average Bonchev–Trinajstić information content (AvgIpc) is 2.85. The van der Waals surface area contributed by atoms with Crippen LogP contribution in [0.25, 0.3) is 11.1 Å². The van der Waals surface area contributed by atoms with E-state index in [2.05, 4.69) is 0 Å². The maximum absolute atomic E-state index is 10.5. The monoisotopic (exact) mass is 522 g/mol. The highest BCUT2D eigenvalue weighted by molar-refractivity contribution is 5.78. The minimum Gasteiger partial charge on any atom is -0.508 e. The van der Waals surface area contributed by atoms with Crippen molar-refractivity contribution in [2.75, 3.05) is 0 Å². The van der Waals surface area contributed by atoms with E-state index in [0.29, 0.717) is 22.3 Å². The van der Waals surface area contributed by atoms with E-state index in [9.17, 15) is 51.1 Å². The number of aromatic hydroxyl groups is 10. The van der Waals surface area contributed by atoms with Crippen LogP contribution >= 0.6 is 0 Å². The number of hydrogen-bond acceptors (Lipinski definition) is 10. The van der Waals surface area contributed by atoms with Crippen LogP contribution < -0.4 is 0 Å². The molecule has 0 unspecified atom stereocenters. The summed E-state index contributed by atoms with van der Waals surface area (Å²) < 4.78 is 0. The minimum absolute atomic E-state index is 0.174. The lowest BCUT2D eigenvalue weighted by molar-refractivity contribution is 0.367. The molecule has 0 radical (unpaired) electrons. The normalized spacial score (nSPS) is 11.1. The van der Waals surface area contributed by atoms with Crippen molar-refractivity contribution in [2.45, 2.75) is 25.7 Å². The fraction of sp³-hybridized carbons (Fsp3) is 0.143. The molecule has 198 valence electrons. The topological polar surface area (TPSA) is 202 Å². The van der Waals surface area contributed by atoms with Gasteiger partial charge in [0.05, 0.1) is 0 Å². The number of hydrogen-bond donors (Lipinski definition) is 10. The van der Waals surface area contributed by atoms with Gasteiger partial charge in [0.25, 0.3) is 0 Å². The van der Waals surface area contributed by atoms with Gasteiger partial charge >= 0.3 is 0 Å². The van der Waals surface area contributed by atoms with Crippen LogP contribution in [0.1, 0.15) is 22.3 Å². The maximum Gasteiger partial charge on any atom is 0.200 e. The van der Waals surface area contributed by atoms with Crippen molar-refractivity contribution in [1.82, 2.24) is 0 Å². The Balaban J connectivity index is 1.62. The number of rotatable bonds is 7. The summed E-state index contributed by atoms with van der Waals surface area (Å²) in [6, 6.07) is 10.3. The first kappa shape index (κ1) is 26.0. The lowest BCUT2D eigenvalue weighted by Gasteiger charge is -2.15. The van der Waals surface area contributed by atoms with Gasteiger partial charge in [0.2, 0.25) is 0 Å². The molecule has 0 saturated heterocycles. The molecular weight excluding hydrogens is 496 g/mol. The Morgan fingerprint density at radius 1 is 0.316 bits per heavy atom. The Hall–Kier alpha value is -5.12. The number of phenols is 10. The molecule has 0 aliphatic carbocycles. The summed E-state index contributed by atoms with van der Waals surface area (Å²) in [5, 5.41) is 99.7. The van der Waals surface area contributed by atoms with E-state index in [1.807, 2.05) is 0 Å². The summed E-state index contributed by atoms with van der Waals surface area (Å²) in [5.41, 5.74) is 2.07. The zero-order valence-electron chi connectivity index (χ0n) is 19.9. The summed E-state index contributed by atoms with van der Waals surface area (Å²) in [6.07, 6.45) is 0.918. The van der Waals surface area contributed by atoms with Crippen LogP contribution in [0.4, 0.5) is 0 Å². The molecule has 4 aromatic rings. The minimum atomic E-state index is -0.638. The fourth-order valence-electron chi connectivity index (χ4n) is 4.24. The largest absolute Gasteiger partial charge is 0.508 e. The van der Waals surface area contributed by atoms with Crippen molar-refractivity contribution < 1.29 is 51.1 Å². The summed E-state index contributed by atoms with van der Waals surface area (Å²) in [7, 11) is 0. The highest BCUT2D eigenvalue weighted by Gasteiger charge is 2.18. The number of benzene rings is 4. The molecular formula is C28H26O10. The van der Waals surface area contributed by atoms with Gasteiger partial charge in [0, 0.05) is 23.3 Å². The molecule has 0 aliphatic heterocycles. The van der Waals surface area contributed by atoms with E-state index in [0.717, 1.165) is 12.1 Å². The Morgan fingerprint density at radius 2 is 0.632 bits per heavy atom. The predicted octanol–water partition coefficient (Wildman–Crippen LogP) is 3.98. The Kier molecular flexibility index (Phi) is 6.89. The van der Waals surface area contributed by atoms with Gasteiger partial charge in [-0.3, -0.25) is 0 Å². The molecule has 38 heavy (non-hydrogen) atoms. The van der Waals surface area contributed by atoms with Gasteiger partial charge in [0.15, 0.2) is 34.5 Å². The molecule has 0 aromatic heterocycles. The Morgan fingerprint density at radius 3 is 0.947 bits per heavy atom. The molecule has 0 aliphatic rings. The number of phenolic OH excluding ortho intramolecular Hbond substituents is 10. The first-order chi connectivity index (χ1) is 17.9. The van der Waals surface area contributed by atoms with E-state index in [4.69, 9.17) is 0 Å². The Labute approximate surface area is 216 Å². The van der Waals surface area contributed by atoms with Gasteiger partial charge in [-0.1, -0.05) is 0 Å². The van der Waals surface area contributed by atoms with Crippen LogP contribution in [0.3, 0.4) is 0 Å². The molecule has 0 heterocycles. The third-order valence-electron chi connectivity index (χ3n) is 6.31. The predicted molar refractivity (Wildman–Crippen MR) is 136 cm³/mol. The van der Waals surface area contributed by atoms with Crippen molar-refractivity contribution in [3.63, 3.8) is 0 Å². The molecule has 0 spiro atoms. The van der Waals surface area contributed by atoms with Gasteiger partial charge in [-0.05, 0) is 84.3 Å². The van der Waals surface area contributed by atoms with Gasteiger partial charge in [0.1, 0.15) is 23.0 Å². The summed E-state index contributed by atoms with van der Waals surface area (Å²) in [4.78, 5) is 0. The maximum atomic E-state index is 10.5. The quantitative estimate of drug-likeness (QED) is 0.158. The van der Waals surface area contributed by atoms with Crippen LogP contribution in [0.15, 0.2) is 48.5 Å². The first-order valence-corrected chi connectivity index (χ1v) is 11.5. The third-order valence-corrected chi connectivity index (χ3v) is 6.31. The van der Waals surface area contributed by atoms with Gasteiger partial charge in [-0.25, -0.2) is 0 Å². The van der Waals surface area contributed by atoms with E-state index in [1.165, 1.54) is 36.4 Å². The summed E-state index contributed by atoms with van der Waals surface area (Å²) in [5.74, 6) is -4.33. The van der Waals surface area contributed by atoms with Crippen molar-refractivity contribution in [3.05, 3.63) is 70.8 Å². The molecule has 4 aromatic carbocycles. The SMILES string of the molecule is Oc1cc(O)c(-c2cc(CCc3cc(O)c(O)c(O)c3)c(O)cc2O)cc1CCc1cc(O)c(O)c(O)c1. The zero-order chi connectivity index (χ0) is 27.7. The Bertz CT molecular complexity index is 1370. The summed E-state index contributed by atoms with van der Waals surface area (Å²) in [6.45, 7) is 0. The molecule has 10 nitrogen and oxygen atoms in total. The van der Waals surface area contributed by atoms with Crippen molar-refractivity contribution in [3.8, 4) is 68.6 Å². The van der Waals surface area contributed by atoms with E-state index < -0.39 is 34.5 Å². The second-order valence-corrected chi connectivity index (χ2v) is 8.96. The van der Waals surface area contributed by atoms with Gasteiger partial charge in [-0.2, -0.15) is 0 Å². The smallest absolute Gasteiger partial charge is 0.200 e. The molecule has 0 bridgehead atoms. The van der Waals surface area contributed by atoms with Gasteiger partial charge in [-0.15, -0.1) is 0 Å². The summed E-state index contributed by atoms with van der Waals surface area (Å²) >= 11 is 0. The lowest BCUT2D eigenvalue weighted by Crippen LogP contribution is -1.96. The van der Waals surface area contributed by atoms with Crippen LogP contribution in [0.5, 0.6) is 57.5 Å². The molecule has 4 rings (SSSR count). The van der Waals surface area contributed by atoms with Crippen LogP contribution in [0, 0.1) is 0 Å². The molecule has 0 saturated carbocycles. The second kappa shape index (κ2) is 10.1. The lowest BCUT2D eigenvalue weighted by atomic mass is 9.94. The van der Waals surface area contributed by atoms with Crippen molar-refractivity contribution in [2.24, 2.45) is 0 Å². The third kappa shape index (κ3) is 5.19. The average molecular weight is 523 g/mol. The van der Waals surface area contributed by atoms with E-state index >= 15 is 0 Å². The van der Waals surface area contributed by atoms with Crippen LogP contribution in [0.2, 0.25) is 0 Å². The zero-order valence-corrected chi connectivity index (χ0v) is 19.9. The first-order valence-electron chi connectivity index (χ1n) is 11.5. The van der Waals surface area contributed by atoms with Crippen molar-refractivity contribution >= 4 is 0 Å². The second-order valence-electron chi connectivity index (χ2n) is 8.96. The molecule has 0 atom stereocenters. The van der Waals surface area contributed by atoms with Crippen molar-refractivity contribution in [1.29, 1.82) is 0 Å². The van der Waals surface area contributed by atoms with Crippen LogP contribution in [-0.4, -0.2) is 51.1 Å². The molecule has 10 heteroatoms. The number of aryl methyl sites for hydroxylation is 4. The fourth-order valence-corrected chi connectivity index (χ4v) is 4.24. The molecule has 10 N–H and O–H groups in total. The highest BCUT2D eigenvalue weighted by atomic mass is 16.3.